The van der Waals surface area contributed by atoms with Crippen LogP contribution in [0.4, 0.5) is 10.1 Å². The molecule has 0 unspecified atom stereocenters. The van der Waals surface area contributed by atoms with Gasteiger partial charge in [0.1, 0.15) is 10.7 Å². The molecular formula is C12H17FN2O5S. The molecule has 0 saturated carbocycles. The van der Waals surface area contributed by atoms with Crippen molar-refractivity contribution in [2.75, 3.05) is 6.54 Å². The van der Waals surface area contributed by atoms with E-state index in [-0.39, 0.29) is 6.54 Å². The maximum atomic E-state index is 13.7. The Hall–Kier alpha value is -1.58. The van der Waals surface area contributed by atoms with E-state index in [4.69, 9.17) is 0 Å². The molecule has 0 bridgehead atoms. The van der Waals surface area contributed by atoms with Gasteiger partial charge in [-0.15, -0.1) is 0 Å². The Balaban J connectivity index is 3.01. The number of hydrogen-bond acceptors (Lipinski definition) is 5. The quantitative estimate of drug-likeness (QED) is 0.585. The average molecular weight is 320 g/mol. The predicted molar refractivity (Wildman–Crippen MR) is 73.8 cm³/mol. The van der Waals surface area contributed by atoms with Gasteiger partial charge in [0.25, 0.3) is 5.69 Å². The number of non-ortho nitro benzene ring substituents is 1. The van der Waals surface area contributed by atoms with Crippen LogP contribution in [0.1, 0.15) is 26.7 Å². The summed E-state index contributed by atoms with van der Waals surface area (Å²) in [5, 5.41) is 20.5. The van der Waals surface area contributed by atoms with Gasteiger partial charge in [0.15, 0.2) is 0 Å². The first-order valence-electron chi connectivity index (χ1n) is 6.31. The zero-order chi connectivity index (χ0) is 16.3. The minimum atomic E-state index is -4.19. The van der Waals surface area contributed by atoms with Crippen molar-refractivity contribution in [3.63, 3.8) is 0 Å². The van der Waals surface area contributed by atoms with E-state index in [1.165, 1.54) is 0 Å². The zero-order valence-corrected chi connectivity index (χ0v) is 12.5. The fourth-order valence-corrected chi connectivity index (χ4v) is 2.81. The Labute approximate surface area is 122 Å². The summed E-state index contributed by atoms with van der Waals surface area (Å²) in [6.45, 7) is 3.13. The van der Waals surface area contributed by atoms with Crippen LogP contribution in [0.25, 0.3) is 0 Å². The molecule has 0 fully saturated rings. The van der Waals surface area contributed by atoms with E-state index in [0.717, 1.165) is 12.1 Å². The van der Waals surface area contributed by atoms with Crippen molar-refractivity contribution in [2.24, 2.45) is 0 Å². The average Bonchev–Trinajstić information content (AvgIpc) is 2.44. The van der Waals surface area contributed by atoms with Crippen molar-refractivity contribution in [2.45, 2.75) is 37.2 Å². The lowest BCUT2D eigenvalue weighted by Gasteiger charge is -2.25. The highest BCUT2D eigenvalue weighted by molar-refractivity contribution is 7.89. The third kappa shape index (κ3) is 4.19. The van der Waals surface area contributed by atoms with Crippen molar-refractivity contribution >= 4 is 15.7 Å². The normalized spacial score (nSPS) is 12.4. The molecule has 0 spiro atoms. The van der Waals surface area contributed by atoms with E-state index in [2.05, 4.69) is 4.72 Å². The van der Waals surface area contributed by atoms with Crippen molar-refractivity contribution in [1.29, 1.82) is 0 Å². The number of nitro groups is 1. The molecule has 9 heteroatoms. The second-order valence-corrected chi connectivity index (χ2v) is 6.36. The Bertz CT molecular complexity index is 629. The lowest BCUT2D eigenvalue weighted by atomic mass is 9.98. The van der Waals surface area contributed by atoms with E-state index in [1.807, 2.05) is 0 Å². The number of nitrogens with one attached hydrogen (secondary N) is 1. The molecule has 1 aromatic carbocycles. The van der Waals surface area contributed by atoms with Crippen LogP contribution in [0.5, 0.6) is 0 Å². The molecule has 21 heavy (non-hydrogen) atoms. The third-order valence-electron chi connectivity index (χ3n) is 3.32. The third-order valence-corrected chi connectivity index (χ3v) is 4.76. The molecule has 0 aliphatic carbocycles. The minimum absolute atomic E-state index is 0.265. The van der Waals surface area contributed by atoms with Gasteiger partial charge in [-0.25, -0.2) is 17.5 Å². The SMILES string of the molecule is CCC(O)(CC)CNS(=O)(=O)c1ccc([N+](=O)[O-])cc1F. The Morgan fingerprint density at radius 2 is 1.95 bits per heavy atom. The van der Waals surface area contributed by atoms with Crippen LogP contribution in [0.2, 0.25) is 0 Å². The number of rotatable bonds is 7. The summed E-state index contributed by atoms with van der Waals surface area (Å²) in [7, 11) is -4.19. The van der Waals surface area contributed by atoms with Crippen molar-refractivity contribution in [1.82, 2.24) is 4.72 Å². The summed E-state index contributed by atoms with van der Waals surface area (Å²) in [5.74, 6) is -1.21. The molecule has 0 radical (unpaired) electrons. The molecule has 0 aliphatic rings. The highest BCUT2D eigenvalue weighted by atomic mass is 32.2. The van der Waals surface area contributed by atoms with Crippen LogP contribution in [0.3, 0.4) is 0 Å². The van der Waals surface area contributed by atoms with E-state index >= 15 is 0 Å². The number of sulfonamides is 1. The topological polar surface area (TPSA) is 110 Å². The smallest absolute Gasteiger partial charge is 0.272 e. The Kier molecular flexibility index (Phi) is 5.37. The first-order valence-corrected chi connectivity index (χ1v) is 7.79. The standard InChI is InChI=1S/C12H17FN2O5S/c1-3-12(16,4-2)8-14-21(19,20)11-6-5-9(15(17)18)7-10(11)13/h5-7,14,16H,3-4,8H2,1-2H3. The van der Waals surface area contributed by atoms with Gasteiger partial charge in [-0.3, -0.25) is 10.1 Å². The molecule has 0 heterocycles. The van der Waals surface area contributed by atoms with Crippen LogP contribution in [0.15, 0.2) is 23.1 Å². The van der Waals surface area contributed by atoms with E-state index < -0.39 is 36.9 Å². The van der Waals surface area contributed by atoms with Crippen molar-refractivity contribution in [3.8, 4) is 0 Å². The van der Waals surface area contributed by atoms with Gasteiger partial charge in [-0.05, 0) is 18.9 Å². The van der Waals surface area contributed by atoms with E-state index in [9.17, 15) is 28.0 Å². The fraction of sp³-hybridized carbons (Fsp3) is 0.500. The molecule has 0 atom stereocenters. The van der Waals surface area contributed by atoms with Crippen molar-refractivity contribution in [3.05, 3.63) is 34.1 Å². The zero-order valence-electron chi connectivity index (χ0n) is 11.7. The number of nitrogens with zero attached hydrogens (tertiary/aromatic N) is 1. The molecule has 1 aromatic rings. The highest BCUT2D eigenvalue weighted by Gasteiger charge is 2.27. The van der Waals surface area contributed by atoms with Gasteiger partial charge < -0.3 is 5.11 Å². The molecule has 1 rings (SSSR count). The summed E-state index contributed by atoms with van der Waals surface area (Å²) < 4.78 is 39.8. The second kappa shape index (κ2) is 6.46. The van der Waals surface area contributed by atoms with Crippen LogP contribution >= 0.6 is 0 Å². The van der Waals surface area contributed by atoms with Gasteiger partial charge in [-0.1, -0.05) is 13.8 Å². The summed E-state index contributed by atoms with van der Waals surface area (Å²) in [6, 6.07) is 2.27. The number of halogens is 1. The van der Waals surface area contributed by atoms with Gasteiger partial charge in [-0.2, -0.15) is 0 Å². The molecule has 2 N–H and O–H groups in total. The first kappa shape index (κ1) is 17.5. The van der Waals surface area contributed by atoms with Crippen molar-refractivity contribution < 1.29 is 22.8 Å². The maximum Gasteiger partial charge on any atom is 0.272 e. The number of aliphatic hydroxyl groups is 1. The van der Waals surface area contributed by atoms with E-state index in [1.54, 1.807) is 13.8 Å². The van der Waals surface area contributed by atoms with Crippen LogP contribution in [-0.2, 0) is 10.0 Å². The number of benzene rings is 1. The lowest BCUT2D eigenvalue weighted by Crippen LogP contribution is -2.42. The summed E-state index contributed by atoms with van der Waals surface area (Å²) in [5.41, 5.74) is -1.75. The molecule has 118 valence electrons. The summed E-state index contributed by atoms with van der Waals surface area (Å²) >= 11 is 0. The van der Waals surface area contributed by atoms with Crippen LogP contribution in [0, 0.1) is 15.9 Å². The van der Waals surface area contributed by atoms with Crippen LogP contribution < -0.4 is 4.72 Å². The molecular weight excluding hydrogens is 303 g/mol. The predicted octanol–water partition coefficient (Wildman–Crippen LogP) is 1.56. The lowest BCUT2D eigenvalue weighted by molar-refractivity contribution is -0.385. The van der Waals surface area contributed by atoms with Gasteiger partial charge in [0.2, 0.25) is 10.0 Å². The van der Waals surface area contributed by atoms with E-state index in [0.29, 0.717) is 18.9 Å². The molecule has 0 amide bonds. The molecule has 0 aliphatic heterocycles. The summed E-state index contributed by atoms with van der Waals surface area (Å²) in [6.07, 6.45) is 0.656. The van der Waals surface area contributed by atoms with Gasteiger partial charge >= 0.3 is 0 Å². The summed E-state index contributed by atoms with van der Waals surface area (Å²) in [4.78, 5) is 8.98. The Morgan fingerprint density at radius 3 is 2.38 bits per heavy atom. The second-order valence-electron chi connectivity index (χ2n) is 4.63. The first-order chi connectivity index (χ1) is 9.65. The van der Waals surface area contributed by atoms with Gasteiger partial charge in [0, 0.05) is 12.6 Å². The monoisotopic (exact) mass is 320 g/mol. The maximum absolute atomic E-state index is 13.7. The van der Waals surface area contributed by atoms with Crippen LogP contribution in [-0.4, -0.2) is 30.6 Å². The minimum Gasteiger partial charge on any atom is -0.389 e. The largest absolute Gasteiger partial charge is 0.389 e. The highest BCUT2D eigenvalue weighted by Crippen LogP contribution is 2.21. The number of nitro benzene ring substituents is 1. The number of hydrogen-bond donors (Lipinski definition) is 2. The Morgan fingerprint density at radius 1 is 1.38 bits per heavy atom. The fourth-order valence-electron chi connectivity index (χ4n) is 1.63. The molecule has 0 aromatic heterocycles. The molecule has 7 nitrogen and oxygen atoms in total. The molecule has 0 saturated heterocycles. The van der Waals surface area contributed by atoms with Gasteiger partial charge in [0.05, 0.1) is 16.6 Å².